The van der Waals surface area contributed by atoms with E-state index in [1.165, 1.54) is 41.0 Å². The third-order valence-electron chi connectivity index (χ3n) is 7.95. The van der Waals surface area contributed by atoms with Crippen LogP contribution in [0.5, 0.6) is 0 Å². The number of para-hydroxylation sites is 1. The number of aromatic nitrogens is 3. The number of aryl methyl sites for hydroxylation is 2. The molecule has 0 saturated heterocycles. The van der Waals surface area contributed by atoms with E-state index in [0.717, 1.165) is 29.2 Å². The number of unbranched alkanes of at least 4 members (excludes halogenated alkanes) is 1. The average molecular weight is 711 g/mol. The summed E-state index contributed by atoms with van der Waals surface area (Å²) in [5.74, 6) is -0.518. The molecule has 0 saturated carbocycles. The van der Waals surface area contributed by atoms with Gasteiger partial charge in [-0.25, -0.2) is 17.9 Å². The molecule has 0 fully saturated rings. The molecule has 0 radical (unpaired) electrons. The lowest BCUT2D eigenvalue weighted by Gasteiger charge is -2.15. The number of carbonyl (C=O) groups is 1. The Hall–Kier alpha value is -4.68. The Labute approximate surface area is 287 Å². The summed E-state index contributed by atoms with van der Waals surface area (Å²) in [7, 11) is -4.35. The number of hydrogen-bond acceptors (Lipinski definition) is 5. The van der Waals surface area contributed by atoms with Crippen molar-refractivity contribution in [3.63, 3.8) is 0 Å². The number of nitrogens with one attached hydrogen (secondary N) is 1. The fourth-order valence-electron chi connectivity index (χ4n) is 5.50. The highest BCUT2D eigenvalue weighted by atomic mass is 35.5. The molecule has 1 N–H and O–H groups in total. The van der Waals surface area contributed by atoms with Crippen LogP contribution >= 0.6 is 11.6 Å². The van der Waals surface area contributed by atoms with Crippen LogP contribution in [-0.2, 0) is 35.6 Å². The highest BCUT2D eigenvalue weighted by Gasteiger charge is 2.35. The number of amides is 1. The zero-order valence-corrected chi connectivity index (χ0v) is 28.4. The number of alkyl halides is 3. The molecule has 0 unspecified atom stereocenters. The van der Waals surface area contributed by atoms with Crippen molar-refractivity contribution in [2.24, 2.45) is 0 Å². The van der Waals surface area contributed by atoms with Gasteiger partial charge in [-0.05, 0) is 65.9 Å². The summed E-state index contributed by atoms with van der Waals surface area (Å²) >= 11 is 6.12. The highest BCUT2D eigenvalue weighted by molar-refractivity contribution is 7.90. The maximum absolute atomic E-state index is 13.8. The van der Waals surface area contributed by atoms with Crippen LogP contribution in [0.3, 0.4) is 0 Å². The molecule has 8 nitrogen and oxygen atoms in total. The third-order valence-corrected chi connectivity index (χ3v) is 9.67. The molecule has 13 heteroatoms. The van der Waals surface area contributed by atoms with Crippen LogP contribution in [0.1, 0.15) is 66.0 Å². The smallest absolute Gasteiger partial charge is 0.274 e. The van der Waals surface area contributed by atoms with Crippen LogP contribution in [0.25, 0.3) is 16.8 Å². The van der Waals surface area contributed by atoms with Crippen molar-refractivity contribution >= 4 is 27.5 Å². The van der Waals surface area contributed by atoms with Crippen LogP contribution in [-0.4, -0.2) is 28.7 Å². The number of sulfonamides is 1. The van der Waals surface area contributed by atoms with Crippen molar-refractivity contribution in [1.82, 2.24) is 19.1 Å². The number of carbonyl (C=O) groups excluding carboxylic acids is 1. The van der Waals surface area contributed by atoms with Gasteiger partial charge in [0.05, 0.1) is 33.3 Å². The van der Waals surface area contributed by atoms with Gasteiger partial charge in [0.2, 0.25) is 0 Å². The van der Waals surface area contributed by atoms with Gasteiger partial charge in [0, 0.05) is 12.0 Å². The first kappa shape index (κ1) is 35.6. The third kappa shape index (κ3) is 7.97. The number of benzene rings is 4. The van der Waals surface area contributed by atoms with Crippen molar-refractivity contribution in [1.29, 1.82) is 0 Å². The van der Waals surface area contributed by atoms with E-state index in [1.54, 1.807) is 48.5 Å². The molecule has 5 aromatic rings. The fraction of sp³-hybridized carbons (Fsp3) is 0.250. The lowest BCUT2D eigenvalue weighted by atomic mass is 10.00. The molecule has 0 atom stereocenters. The Morgan fingerprint density at radius 3 is 2.22 bits per heavy atom. The topological polar surface area (TPSA) is 103 Å². The van der Waals surface area contributed by atoms with Gasteiger partial charge in [-0.2, -0.15) is 17.9 Å². The summed E-state index contributed by atoms with van der Waals surface area (Å²) in [6.07, 6.45) is -1.31. The Kier molecular flexibility index (Phi) is 10.8. The second-order valence-electron chi connectivity index (χ2n) is 11.5. The predicted molar refractivity (Wildman–Crippen MR) is 183 cm³/mol. The zero-order chi connectivity index (χ0) is 35.3. The number of nitrogens with zero attached hydrogens (tertiary/aromatic N) is 3. The maximum atomic E-state index is 13.8. The second-order valence-corrected chi connectivity index (χ2v) is 13.6. The van der Waals surface area contributed by atoms with E-state index >= 15 is 0 Å². The molecule has 0 aliphatic carbocycles. The summed E-state index contributed by atoms with van der Waals surface area (Å²) in [5.41, 5.74) is 0.447. The van der Waals surface area contributed by atoms with Crippen molar-refractivity contribution in [3.05, 3.63) is 135 Å². The molecule has 1 aromatic heterocycles. The zero-order valence-electron chi connectivity index (χ0n) is 26.8. The molecule has 4 aromatic carbocycles. The molecule has 0 aliphatic rings. The second kappa shape index (κ2) is 14.8. The van der Waals surface area contributed by atoms with Crippen LogP contribution in [0.4, 0.5) is 13.2 Å². The van der Waals surface area contributed by atoms with E-state index in [4.69, 9.17) is 11.6 Å². The summed E-state index contributed by atoms with van der Waals surface area (Å²) < 4.78 is 72.9. The molecule has 5 rings (SSSR count). The van der Waals surface area contributed by atoms with Crippen LogP contribution < -0.4 is 10.4 Å². The minimum Gasteiger partial charge on any atom is -0.274 e. The van der Waals surface area contributed by atoms with E-state index < -0.39 is 33.4 Å². The standard InChI is InChI=1S/C36H34ClF3N4O4S/c1-3-5-15-33-41-44(31-14-9-7-12-29(31)36(38,39)40)35(46)43(33)23-25-16-19-26(20-17-25)28-22-24(10-4-2)18-21-32(28)49(47,48)42-34(45)27-11-6-8-13-30(27)37/h6-9,11-14,16-22H,3-5,10,15,23H2,1-2H3,(H,42,45). The van der Waals surface area contributed by atoms with Gasteiger partial charge in [-0.1, -0.05) is 92.9 Å². The SMILES string of the molecule is CCCCc1nn(-c2ccccc2C(F)(F)F)c(=O)n1Cc1ccc(-c2cc(CCC)ccc2S(=O)(=O)NC(=O)c2ccccc2Cl)cc1. The van der Waals surface area contributed by atoms with E-state index in [9.17, 15) is 31.2 Å². The minimum absolute atomic E-state index is 0.0139. The van der Waals surface area contributed by atoms with Crippen LogP contribution in [0.15, 0.2) is 101 Å². The van der Waals surface area contributed by atoms with Gasteiger partial charge in [0.15, 0.2) is 0 Å². The molecular formula is C36H34ClF3N4O4S. The lowest BCUT2D eigenvalue weighted by Crippen LogP contribution is -2.31. The Morgan fingerprint density at radius 2 is 1.55 bits per heavy atom. The van der Waals surface area contributed by atoms with Crippen molar-refractivity contribution < 1.29 is 26.4 Å². The summed E-state index contributed by atoms with van der Waals surface area (Å²) in [4.78, 5) is 26.4. The normalized spacial score (nSPS) is 11.9. The molecule has 0 spiro atoms. The first-order chi connectivity index (χ1) is 23.3. The predicted octanol–water partition coefficient (Wildman–Crippen LogP) is 7.84. The Bertz CT molecular complexity index is 2140. The molecule has 1 amide bonds. The molecule has 0 bridgehead atoms. The van der Waals surface area contributed by atoms with Gasteiger partial charge < -0.3 is 0 Å². The van der Waals surface area contributed by atoms with E-state index in [0.29, 0.717) is 41.8 Å². The quantitative estimate of drug-likeness (QED) is 0.142. The number of hydrogen-bond donors (Lipinski definition) is 1. The van der Waals surface area contributed by atoms with Crippen LogP contribution in [0, 0.1) is 0 Å². The lowest BCUT2D eigenvalue weighted by molar-refractivity contribution is -0.137. The van der Waals surface area contributed by atoms with Crippen molar-refractivity contribution in [2.75, 3.05) is 0 Å². The molecule has 49 heavy (non-hydrogen) atoms. The van der Waals surface area contributed by atoms with E-state index in [2.05, 4.69) is 9.82 Å². The largest absolute Gasteiger partial charge is 0.418 e. The maximum Gasteiger partial charge on any atom is 0.418 e. The van der Waals surface area contributed by atoms with Crippen molar-refractivity contribution in [3.8, 4) is 16.8 Å². The van der Waals surface area contributed by atoms with Gasteiger partial charge in [-0.15, -0.1) is 5.10 Å². The van der Waals surface area contributed by atoms with Gasteiger partial charge in [-0.3, -0.25) is 9.36 Å². The molecule has 1 heterocycles. The summed E-state index contributed by atoms with van der Waals surface area (Å²) in [5, 5.41) is 4.44. The van der Waals surface area contributed by atoms with Crippen molar-refractivity contribution in [2.45, 2.75) is 63.6 Å². The number of halogens is 4. The Balaban J connectivity index is 1.50. The molecule has 256 valence electrons. The van der Waals surface area contributed by atoms with Gasteiger partial charge in [0.25, 0.3) is 15.9 Å². The van der Waals surface area contributed by atoms with E-state index in [-0.39, 0.29) is 27.7 Å². The fourth-order valence-corrected chi connectivity index (χ4v) is 6.90. The number of rotatable bonds is 12. The highest BCUT2D eigenvalue weighted by Crippen LogP contribution is 2.33. The summed E-state index contributed by atoms with van der Waals surface area (Å²) in [6.45, 7) is 3.99. The van der Waals surface area contributed by atoms with Gasteiger partial charge >= 0.3 is 11.9 Å². The monoisotopic (exact) mass is 710 g/mol. The first-order valence-electron chi connectivity index (χ1n) is 15.7. The Morgan fingerprint density at radius 1 is 0.878 bits per heavy atom. The summed E-state index contributed by atoms with van der Waals surface area (Å²) in [6, 6.07) is 22.7. The van der Waals surface area contributed by atoms with Crippen LogP contribution in [0.2, 0.25) is 5.02 Å². The molecule has 0 aliphatic heterocycles. The molecular weight excluding hydrogens is 677 g/mol. The van der Waals surface area contributed by atoms with E-state index in [1.807, 2.05) is 13.8 Å². The van der Waals surface area contributed by atoms with Gasteiger partial charge in [0.1, 0.15) is 5.82 Å². The minimum atomic E-state index is -4.68. The average Bonchev–Trinajstić information content (AvgIpc) is 3.37. The first-order valence-corrected chi connectivity index (χ1v) is 17.6.